The number of hydrogen-bond donors (Lipinski definition) is 2. The van der Waals surface area contributed by atoms with Gasteiger partial charge in [0.15, 0.2) is 5.69 Å². The van der Waals surface area contributed by atoms with Crippen molar-refractivity contribution in [2.24, 2.45) is 5.92 Å². The number of aromatic carboxylic acids is 1. The van der Waals surface area contributed by atoms with Crippen molar-refractivity contribution >= 4 is 11.9 Å². The molecular weight excluding hydrogens is 308 g/mol. The largest absolute Gasteiger partial charge is 0.476 e. The molecule has 1 amide bonds. The van der Waals surface area contributed by atoms with Crippen LogP contribution < -0.4 is 5.32 Å². The lowest BCUT2D eigenvalue weighted by Crippen LogP contribution is -2.39. The van der Waals surface area contributed by atoms with Crippen LogP contribution in [0, 0.1) is 5.92 Å². The molecule has 3 rings (SSSR count). The highest BCUT2D eigenvalue weighted by molar-refractivity contribution is 5.84. The second kappa shape index (κ2) is 7.25. The lowest BCUT2D eigenvalue weighted by molar-refractivity contribution is -0.122. The number of carboxylic acid groups (broad SMARTS) is 1. The van der Waals surface area contributed by atoms with Gasteiger partial charge in [-0.05, 0) is 30.7 Å². The Bertz CT molecular complexity index is 714. The monoisotopic (exact) mass is 328 g/mol. The predicted molar refractivity (Wildman–Crippen MR) is 86.4 cm³/mol. The molecule has 1 saturated carbocycles. The van der Waals surface area contributed by atoms with E-state index in [1.165, 1.54) is 16.4 Å². The Hall–Kier alpha value is -2.70. The summed E-state index contributed by atoms with van der Waals surface area (Å²) in [7, 11) is 0. The summed E-state index contributed by atoms with van der Waals surface area (Å²) < 4.78 is 1.25. The lowest BCUT2D eigenvalue weighted by atomic mass is 9.94. The molecule has 126 valence electrons. The van der Waals surface area contributed by atoms with Gasteiger partial charge in [-0.15, -0.1) is 5.10 Å². The van der Waals surface area contributed by atoms with Crippen molar-refractivity contribution in [2.75, 3.05) is 0 Å². The second-order valence-electron chi connectivity index (χ2n) is 6.16. The number of carboxylic acids is 1. The van der Waals surface area contributed by atoms with Gasteiger partial charge in [-0.1, -0.05) is 42.0 Å². The van der Waals surface area contributed by atoms with Crippen molar-refractivity contribution in [3.8, 4) is 0 Å². The van der Waals surface area contributed by atoms with Crippen LogP contribution in [0.4, 0.5) is 0 Å². The number of amides is 1. The molecule has 2 unspecified atom stereocenters. The van der Waals surface area contributed by atoms with Crippen molar-refractivity contribution in [1.29, 1.82) is 0 Å². The summed E-state index contributed by atoms with van der Waals surface area (Å²) in [6.45, 7) is -0.0190. The first-order valence-corrected chi connectivity index (χ1v) is 8.08. The van der Waals surface area contributed by atoms with Crippen LogP contribution in [0.3, 0.4) is 0 Å². The Labute approximate surface area is 139 Å². The van der Waals surface area contributed by atoms with Crippen LogP contribution in [0.25, 0.3) is 0 Å². The van der Waals surface area contributed by atoms with E-state index in [2.05, 4.69) is 27.8 Å². The molecule has 1 aliphatic carbocycles. The second-order valence-corrected chi connectivity index (χ2v) is 6.16. The van der Waals surface area contributed by atoms with E-state index in [1.807, 2.05) is 18.2 Å². The van der Waals surface area contributed by atoms with Crippen LogP contribution in [0.15, 0.2) is 36.5 Å². The highest BCUT2D eigenvalue weighted by atomic mass is 16.4. The van der Waals surface area contributed by atoms with Gasteiger partial charge in [-0.25, -0.2) is 9.48 Å². The first kappa shape index (κ1) is 16.2. The topological polar surface area (TPSA) is 97.1 Å². The lowest BCUT2D eigenvalue weighted by Gasteiger charge is -2.21. The molecule has 2 N–H and O–H groups in total. The maximum absolute atomic E-state index is 12.2. The fourth-order valence-electron chi connectivity index (χ4n) is 3.26. The molecule has 0 saturated heterocycles. The average Bonchev–Trinajstić information content (AvgIpc) is 3.18. The molecule has 0 radical (unpaired) electrons. The third kappa shape index (κ3) is 3.98. The molecule has 1 aliphatic rings. The molecule has 1 aromatic heterocycles. The summed E-state index contributed by atoms with van der Waals surface area (Å²) in [5.41, 5.74) is 1.12. The number of carbonyl (C=O) groups is 2. The maximum atomic E-state index is 12.2. The summed E-state index contributed by atoms with van der Waals surface area (Å²) in [5.74, 6) is -0.885. The predicted octanol–water partition coefficient (Wildman–Crippen LogP) is 1.50. The molecule has 0 aliphatic heterocycles. The van der Waals surface area contributed by atoms with Gasteiger partial charge in [0.25, 0.3) is 0 Å². The summed E-state index contributed by atoms with van der Waals surface area (Å²) in [5, 5.41) is 19.1. The Morgan fingerprint density at radius 3 is 2.75 bits per heavy atom. The maximum Gasteiger partial charge on any atom is 0.358 e. The fourth-order valence-corrected chi connectivity index (χ4v) is 3.26. The van der Waals surface area contributed by atoms with E-state index in [1.54, 1.807) is 0 Å². The molecule has 1 aromatic carbocycles. The van der Waals surface area contributed by atoms with Crippen LogP contribution in [0.2, 0.25) is 0 Å². The quantitative estimate of drug-likeness (QED) is 0.837. The van der Waals surface area contributed by atoms with Crippen molar-refractivity contribution in [3.05, 3.63) is 47.8 Å². The van der Waals surface area contributed by atoms with Gasteiger partial charge in [0.2, 0.25) is 5.91 Å². The summed E-state index contributed by atoms with van der Waals surface area (Å²) >= 11 is 0. The van der Waals surface area contributed by atoms with Crippen molar-refractivity contribution in [3.63, 3.8) is 0 Å². The SMILES string of the molecule is O=C(Cn1cc(C(=O)O)nn1)NC1CCCC1Cc1ccccc1. The minimum absolute atomic E-state index is 0.0190. The molecular formula is C17H20N4O3. The van der Waals surface area contributed by atoms with E-state index in [-0.39, 0.29) is 24.2 Å². The Balaban J connectivity index is 1.55. The zero-order valence-electron chi connectivity index (χ0n) is 13.3. The van der Waals surface area contributed by atoms with E-state index >= 15 is 0 Å². The van der Waals surface area contributed by atoms with E-state index in [4.69, 9.17) is 5.11 Å². The molecule has 24 heavy (non-hydrogen) atoms. The minimum atomic E-state index is -1.15. The molecule has 0 spiro atoms. The number of nitrogens with one attached hydrogen (secondary N) is 1. The zero-order chi connectivity index (χ0) is 16.9. The number of benzene rings is 1. The van der Waals surface area contributed by atoms with Gasteiger partial charge in [-0.2, -0.15) is 0 Å². The normalized spacial score (nSPS) is 20.0. The third-order valence-electron chi connectivity index (χ3n) is 4.41. The summed E-state index contributed by atoms with van der Waals surface area (Å²) in [4.78, 5) is 23.0. The summed E-state index contributed by atoms with van der Waals surface area (Å²) in [6, 6.07) is 10.4. The van der Waals surface area contributed by atoms with Crippen LogP contribution in [-0.4, -0.2) is 38.0 Å². The first-order chi connectivity index (χ1) is 11.6. The van der Waals surface area contributed by atoms with Gasteiger partial charge in [-0.3, -0.25) is 4.79 Å². The smallest absolute Gasteiger partial charge is 0.358 e. The molecule has 1 fully saturated rings. The van der Waals surface area contributed by atoms with Gasteiger partial charge < -0.3 is 10.4 Å². The number of hydrogen-bond acceptors (Lipinski definition) is 4. The Kier molecular flexibility index (Phi) is 4.88. The Morgan fingerprint density at radius 2 is 2.04 bits per heavy atom. The number of aromatic nitrogens is 3. The number of nitrogens with zero attached hydrogens (tertiary/aromatic N) is 3. The first-order valence-electron chi connectivity index (χ1n) is 8.08. The zero-order valence-corrected chi connectivity index (χ0v) is 13.3. The van der Waals surface area contributed by atoms with Crippen molar-refractivity contribution in [1.82, 2.24) is 20.3 Å². The van der Waals surface area contributed by atoms with Crippen molar-refractivity contribution in [2.45, 2.75) is 38.3 Å². The van der Waals surface area contributed by atoms with E-state index < -0.39 is 5.97 Å². The minimum Gasteiger partial charge on any atom is -0.476 e. The standard InChI is InChI=1S/C17H20N4O3/c22-16(11-21-10-15(17(23)24)19-20-21)18-14-8-4-7-13(14)9-12-5-2-1-3-6-12/h1-3,5-6,10,13-14H,4,7-9,11H2,(H,18,22)(H,23,24). The van der Waals surface area contributed by atoms with Gasteiger partial charge >= 0.3 is 5.97 Å². The summed E-state index contributed by atoms with van der Waals surface area (Å²) in [6.07, 6.45) is 5.40. The Morgan fingerprint density at radius 1 is 1.25 bits per heavy atom. The van der Waals surface area contributed by atoms with Gasteiger partial charge in [0, 0.05) is 6.04 Å². The van der Waals surface area contributed by atoms with Gasteiger partial charge in [0.1, 0.15) is 6.54 Å². The number of carbonyl (C=O) groups excluding carboxylic acids is 1. The third-order valence-corrected chi connectivity index (χ3v) is 4.41. The highest BCUT2D eigenvalue weighted by Crippen LogP contribution is 2.28. The van der Waals surface area contributed by atoms with Crippen molar-refractivity contribution < 1.29 is 14.7 Å². The van der Waals surface area contributed by atoms with Crippen LogP contribution >= 0.6 is 0 Å². The van der Waals surface area contributed by atoms with E-state index in [0.29, 0.717) is 5.92 Å². The average molecular weight is 328 g/mol. The number of rotatable bonds is 6. The molecule has 1 heterocycles. The van der Waals surface area contributed by atoms with Crippen LogP contribution in [0.5, 0.6) is 0 Å². The van der Waals surface area contributed by atoms with E-state index in [0.717, 1.165) is 25.7 Å². The molecule has 2 aromatic rings. The molecule has 7 nitrogen and oxygen atoms in total. The molecule has 2 atom stereocenters. The van der Waals surface area contributed by atoms with E-state index in [9.17, 15) is 9.59 Å². The highest BCUT2D eigenvalue weighted by Gasteiger charge is 2.28. The van der Waals surface area contributed by atoms with Crippen LogP contribution in [-0.2, 0) is 17.8 Å². The van der Waals surface area contributed by atoms with Gasteiger partial charge in [0.05, 0.1) is 6.20 Å². The molecule has 7 heteroatoms. The fraction of sp³-hybridized carbons (Fsp3) is 0.412. The van der Waals surface area contributed by atoms with Crippen LogP contribution in [0.1, 0.15) is 35.3 Å². The molecule has 0 bridgehead atoms.